The van der Waals surface area contributed by atoms with Gasteiger partial charge in [-0.15, -0.1) is 0 Å². The van der Waals surface area contributed by atoms with E-state index in [1.54, 1.807) is 7.11 Å². The molecule has 1 N–H and O–H groups in total. The maximum Gasteiger partial charge on any atom is 0.227 e. The molecule has 0 aliphatic carbocycles. The lowest BCUT2D eigenvalue weighted by atomic mass is 10.0. The first kappa shape index (κ1) is 15.7. The molecule has 0 atom stereocenters. The van der Waals surface area contributed by atoms with Crippen molar-refractivity contribution in [1.29, 1.82) is 0 Å². The van der Waals surface area contributed by atoms with Crippen molar-refractivity contribution in [2.45, 2.75) is 26.3 Å². The molecule has 1 aromatic carbocycles. The largest absolute Gasteiger partial charge is 0.385 e. The van der Waals surface area contributed by atoms with Gasteiger partial charge in [0.1, 0.15) is 5.82 Å². The summed E-state index contributed by atoms with van der Waals surface area (Å²) in [6.45, 7) is 5.47. The first-order valence-corrected chi connectivity index (χ1v) is 8.16. The lowest BCUT2D eigenvalue weighted by molar-refractivity contribution is 0.198. The van der Waals surface area contributed by atoms with Gasteiger partial charge >= 0.3 is 0 Å². The number of hydrogen-bond acceptors (Lipinski definition) is 5. The third-order valence-corrected chi connectivity index (χ3v) is 4.09. The Morgan fingerprint density at radius 3 is 2.87 bits per heavy atom. The maximum absolute atomic E-state index is 5.07. The molecule has 0 bridgehead atoms. The summed E-state index contributed by atoms with van der Waals surface area (Å²) >= 11 is 0. The van der Waals surface area contributed by atoms with Crippen LogP contribution in [-0.2, 0) is 17.7 Å². The minimum Gasteiger partial charge on any atom is -0.385 e. The molecule has 122 valence electrons. The molecule has 3 rings (SSSR count). The molecule has 1 aliphatic heterocycles. The van der Waals surface area contributed by atoms with Crippen LogP contribution >= 0.6 is 0 Å². The highest BCUT2D eigenvalue weighted by Crippen LogP contribution is 2.23. The van der Waals surface area contributed by atoms with Crippen molar-refractivity contribution in [3.8, 4) is 0 Å². The predicted molar refractivity (Wildman–Crippen MR) is 92.9 cm³/mol. The average Bonchev–Trinajstić information content (AvgIpc) is 2.58. The molecule has 0 unspecified atom stereocenters. The first-order valence-electron chi connectivity index (χ1n) is 8.16. The van der Waals surface area contributed by atoms with Gasteiger partial charge in [0.05, 0.1) is 0 Å². The molecule has 2 aromatic rings. The van der Waals surface area contributed by atoms with Gasteiger partial charge in [-0.2, -0.15) is 4.98 Å². The van der Waals surface area contributed by atoms with E-state index in [2.05, 4.69) is 39.5 Å². The number of methoxy groups -OCH3 is 1. The Morgan fingerprint density at radius 1 is 1.22 bits per heavy atom. The number of nitrogens with zero attached hydrogens (tertiary/aromatic N) is 3. The van der Waals surface area contributed by atoms with Gasteiger partial charge < -0.3 is 15.0 Å². The van der Waals surface area contributed by atoms with Crippen LogP contribution in [0.1, 0.15) is 23.2 Å². The van der Waals surface area contributed by atoms with E-state index in [4.69, 9.17) is 9.72 Å². The molecule has 0 saturated heterocycles. The maximum atomic E-state index is 5.07. The van der Waals surface area contributed by atoms with Crippen molar-refractivity contribution in [2.75, 3.05) is 37.0 Å². The summed E-state index contributed by atoms with van der Waals surface area (Å²) in [5, 5.41) is 3.36. The van der Waals surface area contributed by atoms with Gasteiger partial charge in [0, 0.05) is 45.1 Å². The first-order chi connectivity index (χ1) is 11.3. The zero-order chi connectivity index (χ0) is 16.1. The van der Waals surface area contributed by atoms with E-state index in [0.29, 0.717) is 0 Å². The number of aryl methyl sites for hydroxylation is 1. The molecule has 5 nitrogen and oxygen atoms in total. The Balaban J connectivity index is 1.71. The minimum atomic E-state index is 0.757. The summed E-state index contributed by atoms with van der Waals surface area (Å²) in [7, 11) is 1.72. The summed E-state index contributed by atoms with van der Waals surface area (Å²) in [4.78, 5) is 11.6. The normalized spacial score (nSPS) is 13.7. The number of benzene rings is 1. The molecule has 1 aromatic heterocycles. The number of nitrogens with one attached hydrogen (secondary N) is 1. The van der Waals surface area contributed by atoms with Crippen molar-refractivity contribution < 1.29 is 4.74 Å². The van der Waals surface area contributed by atoms with Crippen LogP contribution in [-0.4, -0.2) is 36.8 Å². The molecule has 5 heteroatoms. The summed E-state index contributed by atoms with van der Waals surface area (Å²) in [5.41, 5.74) is 3.80. The highest BCUT2D eigenvalue weighted by Gasteiger charge is 2.18. The highest BCUT2D eigenvalue weighted by atomic mass is 16.5. The standard InChI is InChI=1S/C18H24N4O/c1-14-12-17(19-9-5-11-23-2)21-18(20-14)22-10-8-15-6-3-4-7-16(15)13-22/h3-4,6-7,12H,5,8-11,13H2,1-2H3,(H,19,20,21). The number of anilines is 2. The third-order valence-electron chi connectivity index (χ3n) is 4.09. The van der Waals surface area contributed by atoms with Crippen LogP contribution in [0.25, 0.3) is 0 Å². The van der Waals surface area contributed by atoms with Gasteiger partial charge in [0.15, 0.2) is 0 Å². The molecule has 0 radical (unpaired) electrons. The fourth-order valence-corrected chi connectivity index (χ4v) is 2.88. The number of ether oxygens (including phenoxy) is 1. The van der Waals surface area contributed by atoms with Crippen molar-refractivity contribution in [3.63, 3.8) is 0 Å². The van der Waals surface area contributed by atoms with E-state index in [9.17, 15) is 0 Å². The quantitative estimate of drug-likeness (QED) is 0.831. The minimum absolute atomic E-state index is 0.757. The third kappa shape index (κ3) is 3.99. The molecule has 1 aliphatic rings. The Morgan fingerprint density at radius 2 is 2.04 bits per heavy atom. The van der Waals surface area contributed by atoms with E-state index >= 15 is 0 Å². The zero-order valence-corrected chi connectivity index (χ0v) is 13.9. The van der Waals surface area contributed by atoms with Crippen LogP contribution in [0, 0.1) is 6.92 Å². The van der Waals surface area contributed by atoms with Gasteiger partial charge in [-0.25, -0.2) is 4.98 Å². The molecule has 2 heterocycles. The highest BCUT2D eigenvalue weighted by molar-refractivity contribution is 5.46. The van der Waals surface area contributed by atoms with E-state index in [1.165, 1.54) is 11.1 Å². The summed E-state index contributed by atoms with van der Waals surface area (Å²) < 4.78 is 5.07. The second-order valence-corrected chi connectivity index (χ2v) is 5.91. The van der Waals surface area contributed by atoms with Gasteiger partial charge in [-0.3, -0.25) is 0 Å². The van der Waals surface area contributed by atoms with Crippen molar-refractivity contribution in [1.82, 2.24) is 9.97 Å². The van der Waals surface area contributed by atoms with Crippen LogP contribution < -0.4 is 10.2 Å². The molecular weight excluding hydrogens is 288 g/mol. The molecular formula is C18H24N4O. The number of fused-ring (bicyclic) bond motifs is 1. The smallest absolute Gasteiger partial charge is 0.227 e. The van der Waals surface area contributed by atoms with Gasteiger partial charge in [0.25, 0.3) is 0 Å². The van der Waals surface area contributed by atoms with Crippen molar-refractivity contribution in [2.24, 2.45) is 0 Å². The monoisotopic (exact) mass is 312 g/mol. The van der Waals surface area contributed by atoms with E-state index in [1.807, 2.05) is 13.0 Å². The van der Waals surface area contributed by atoms with Crippen LogP contribution in [0.3, 0.4) is 0 Å². The fraction of sp³-hybridized carbons (Fsp3) is 0.444. The molecule has 0 fully saturated rings. The summed E-state index contributed by atoms with van der Waals surface area (Å²) in [5.74, 6) is 1.70. The van der Waals surface area contributed by atoms with E-state index in [-0.39, 0.29) is 0 Å². The van der Waals surface area contributed by atoms with Crippen molar-refractivity contribution in [3.05, 3.63) is 47.2 Å². The topological polar surface area (TPSA) is 50.3 Å². The molecule has 0 spiro atoms. The molecule has 0 saturated carbocycles. The number of aromatic nitrogens is 2. The van der Waals surface area contributed by atoms with Crippen LogP contribution in [0.15, 0.2) is 30.3 Å². The lowest BCUT2D eigenvalue weighted by Crippen LogP contribution is -2.32. The van der Waals surface area contributed by atoms with E-state index < -0.39 is 0 Å². The Bertz CT molecular complexity index is 659. The van der Waals surface area contributed by atoms with Crippen molar-refractivity contribution >= 4 is 11.8 Å². The number of hydrogen-bond donors (Lipinski definition) is 1. The van der Waals surface area contributed by atoms with Crippen LogP contribution in [0.4, 0.5) is 11.8 Å². The second kappa shape index (κ2) is 7.42. The molecule has 0 amide bonds. The Labute approximate surface area is 137 Å². The zero-order valence-electron chi connectivity index (χ0n) is 13.9. The van der Waals surface area contributed by atoms with Crippen LogP contribution in [0.2, 0.25) is 0 Å². The summed E-state index contributed by atoms with van der Waals surface area (Å²) in [6, 6.07) is 10.6. The molecule has 23 heavy (non-hydrogen) atoms. The number of rotatable bonds is 6. The fourth-order valence-electron chi connectivity index (χ4n) is 2.88. The van der Waals surface area contributed by atoms with Gasteiger partial charge in [-0.1, -0.05) is 24.3 Å². The van der Waals surface area contributed by atoms with Gasteiger partial charge in [0.2, 0.25) is 5.95 Å². The van der Waals surface area contributed by atoms with Crippen LogP contribution in [0.5, 0.6) is 0 Å². The Hall–Kier alpha value is -2.14. The average molecular weight is 312 g/mol. The van der Waals surface area contributed by atoms with Gasteiger partial charge in [-0.05, 0) is 30.9 Å². The SMILES string of the molecule is COCCCNc1cc(C)nc(N2CCc3ccccc3C2)n1. The van der Waals surface area contributed by atoms with E-state index in [0.717, 1.165) is 56.5 Å². The predicted octanol–water partition coefficient (Wildman–Crippen LogP) is 2.80. The second-order valence-electron chi connectivity index (χ2n) is 5.91. The lowest BCUT2D eigenvalue weighted by Gasteiger charge is -2.29. The Kier molecular flexibility index (Phi) is 5.08. The summed E-state index contributed by atoms with van der Waals surface area (Å²) in [6.07, 6.45) is 2.01.